The van der Waals surface area contributed by atoms with Crippen LogP contribution in [0.4, 0.5) is 5.69 Å². The van der Waals surface area contributed by atoms with Gasteiger partial charge in [-0.05, 0) is 75.4 Å². The van der Waals surface area contributed by atoms with Crippen LogP contribution in [0.15, 0.2) is 48.5 Å². The maximum atomic E-state index is 13.0. The highest BCUT2D eigenvalue weighted by molar-refractivity contribution is 5.96. The van der Waals surface area contributed by atoms with Crippen LogP contribution in [0.25, 0.3) is 11.0 Å². The third-order valence-corrected chi connectivity index (χ3v) is 6.76. The molecular weight excluding hydrogens is 372 g/mol. The Hall–Kier alpha value is -2.66. The van der Waals surface area contributed by atoms with Gasteiger partial charge in [0.25, 0.3) is 0 Å². The van der Waals surface area contributed by atoms with Crippen LogP contribution in [-0.2, 0) is 17.8 Å². The number of carbonyl (C=O) groups is 1. The molecule has 1 aromatic heterocycles. The Morgan fingerprint density at radius 1 is 1.03 bits per heavy atom. The Morgan fingerprint density at radius 3 is 2.67 bits per heavy atom. The summed E-state index contributed by atoms with van der Waals surface area (Å²) < 4.78 is 2.37. The number of aryl methyl sites for hydroxylation is 2. The molecule has 1 fully saturated rings. The minimum Gasteiger partial charge on any atom is -0.328 e. The molecule has 5 nitrogen and oxygen atoms in total. The number of amides is 1. The molecular formula is C25H30N4O. The summed E-state index contributed by atoms with van der Waals surface area (Å²) in [6.07, 6.45) is 4.41. The number of aromatic nitrogens is 2. The van der Waals surface area contributed by atoms with Gasteiger partial charge in [-0.3, -0.25) is 9.69 Å². The van der Waals surface area contributed by atoms with Crippen molar-refractivity contribution in [2.75, 3.05) is 31.1 Å². The Kier molecular flexibility index (Phi) is 5.30. The van der Waals surface area contributed by atoms with Crippen molar-refractivity contribution in [1.29, 1.82) is 0 Å². The van der Waals surface area contributed by atoms with E-state index in [1.165, 1.54) is 11.1 Å². The largest absolute Gasteiger partial charge is 0.328 e. The molecule has 0 bridgehead atoms. The summed E-state index contributed by atoms with van der Waals surface area (Å²) in [6.45, 7) is 6.50. The van der Waals surface area contributed by atoms with E-state index in [9.17, 15) is 4.79 Å². The maximum Gasteiger partial charge on any atom is 0.241 e. The predicted octanol–water partition coefficient (Wildman–Crippen LogP) is 4.04. The van der Waals surface area contributed by atoms with E-state index in [1.54, 1.807) is 0 Å². The van der Waals surface area contributed by atoms with E-state index in [1.807, 2.05) is 11.0 Å². The van der Waals surface area contributed by atoms with Gasteiger partial charge >= 0.3 is 0 Å². The predicted molar refractivity (Wildman–Crippen MR) is 121 cm³/mol. The highest BCUT2D eigenvalue weighted by Gasteiger charge is 2.26. The highest BCUT2D eigenvalue weighted by Crippen LogP contribution is 2.28. The normalized spacial score (nSPS) is 18.0. The van der Waals surface area contributed by atoms with Crippen molar-refractivity contribution in [1.82, 2.24) is 14.5 Å². The summed E-state index contributed by atoms with van der Waals surface area (Å²) in [7, 11) is 0. The first-order valence-electron chi connectivity index (χ1n) is 11.2. The second kappa shape index (κ2) is 8.23. The Bertz CT molecular complexity index is 1050. The van der Waals surface area contributed by atoms with Gasteiger partial charge in [0, 0.05) is 18.8 Å². The van der Waals surface area contributed by atoms with Gasteiger partial charge in [0.1, 0.15) is 5.82 Å². The molecule has 1 amide bonds. The molecule has 2 aliphatic rings. The molecule has 5 rings (SSSR count). The first-order chi connectivity index (χ1) is 14.7. The summed E-state index contributed by atoms with van der Waals surface area (Å²) in [6, 6.07) is 16.8. The maximum absolute atomic E-state index is 13.0. The zero-order valence-electron chi connectivity index (χ0n) is 17.8. The van der Waals surface area contributed by atoms with E-state index < -0.39 is 0 Å². The number of anilines is 1. The molecule has 156 valence electrons. The van der Waals surface area contributed by atoms with Crippen LogP contribution >= 0.6 is 0 Å². The number of para-hydroxylation sites is 3. The van der Waals surface area contributed by atoms with Gasteiger partial charge in [0.15, 0.2) is 0 Å². The van der Waals surface area contributed by atoms with Crippen LogP contribution < -0.4 is 4.90 Å². The van der Waals surface area contributed by atoms with Gasteiger partial charge in [-0.2, -0.15) is 0 Å². The van der Waals surface area contributed by atoms with Crippen molar-refractivity contribution in [3.63, 3.8) is 0 Å². The van der Waals surface area contributed by atoms with Crippen LogP contribution in [0.3, 0.4) is 0 Å². The number of benzene rings is 2. The molecule has 0 N–H and O–H groups in total. The minimum atomic E-state index is 0.247. The summed E-state index contributed by atoms with van der Waals surface area (Å²) in [4.78, 5) is 22.1. The lowest BCUT2D eigenvalue weighted by molar-refractivity contribution is -0.120. The SMILES string of the molecule is Cc1nc2ccccc2n1CC1CCN(CC(=O)N2CCCc3ccccc32)CC1. The summed E-state index contributed by atoms with van der Waals surface area (Å²) in [5, 5.41) is 0. The first kappa shape index (κ1) is 19.3. The van der Waals surface area contributed by atoms with E-state index in [2.05, 4.69) is 58.9 Å². The molecule has 0 saturated carbocycles. The third-order valence-electron chi connectivity index (χ3n) is 6.76. The molecule has 0 atom stereocenters. The minimum absolute atomic E-state index is 0.247. The fourth-order valence-electron chi connectivity index (χ4n) is 5.08. The molecule has 0 spiro atoms. The molecule has 0 radical (unpaired) electrons. The number of fused-ring (bicyclic) bond motifs is 2. The smallest absolute Gasteiger partial charge is 0.241 e. The summed E-state index contributed by atoms with van der Waals surface area (Å²) in [5.74, 6) is 1.98. The number of likely N-dealkylation sites (tertiary alicyclic amines) is 1. The number of hydrogen-bond donors (Lipinski definition) is 0. The molecule has 0 aliphatic carbocycles. The van der Waals surface area contributed by atoms with Crippen molar-refractivity contribution < 1.29 is 4.79 Å². The molecule has 1 saturated heterocycles. The first-order valence-corrected chi connectivity index (χ1v) is 11.2. The molecule has 3 heterocycles. The van der Waals surface area contributed by atoms with Gasteiger partial charge in [-0.1, -0.05) is 30.3 Å². The standard InChI is InChI=1S/C25H30N4O/c1-19-26-22-9-3-5-11-24(22)29(19)17-20-12-15-27(16-13-20)18-25(30)28-14-6-8-21-7-2-4-10-23(21)28/h2-5,7,9-11,20H,6,8,12-18H2,1H3. The quantitative estimate of drug-likeness (QED) is 0.661. The van der Waals surface area contributed by atoms with E-state index in [4.69, 9.17) is 4.98 Å². The summed E-state index contributed by atoms with van der Waals surface area (Å²) in [5.41, 5.74) is 4.74. The lowest BCUT2D eigenvalue weighted by Crippen LogP contribution is -2.45. The van der Waals surface area contributed by atoms with Crippen LogP contribution in [0, 0.1) is 12.8 Å². The van der Waals surface area contributed by atoms with Crippen molar-refractivity contribution in [2.24, 2.45) is 5.92 Å². The van der Waals surface area contributed by atoms with E-state index in [0.29, 0.717) is 12.5 Å². The molecule has 0 unspecified atom stereocenters. The van der Waals surface area contributed by atoms with Gasteiger partial charge in [-0.25, -0.2) is 4.98 Å². The van der Waals surface area contributed by atoms with Crippen LogP contribution in [0.1, 0.15) is 30.7 Å². The van der Waals surface area contributed by atoms with Crippen molar-refractivity contribution in [3.05, 3.63) is 59.9 Å². The van der Waals surface area contributed by atoms with Gasteiger partial charge in [0.05, 0.1) is 17.6 Å². The lowest BCUT2D eigenvalue weighted by atomic mass is 9.96. The average Bonchev–Trinajstić information content (AvgIpc) is 3.09. The highest BCUT2D eigenvalue weighted by atomic mass is 16.2. The Balaban J connectivity index is 1.19. The van der Waals surface area contributed by atoms with Crippen LogP contribution in [-0.4, -0.2) is 46.5 Å². The topological polar surface area (TPSA) is 41.4 Å². The zero-order chi connectivity index (χ0) is 20.5. The fraction of sp³-hybridized carbons (Fsp3) is 0.440. The van der Waals surface area contributed by atoms with Crippen molar-refractivity contribution >= 4 is 22.6 Å². The number of hydrogen-bond acceptors (Lipinski definition) is 3. The molecule has 2 aliphatic heterocycles. The van der Waals surface area contributed by atoms with Crippen molar-refractivity contribution in [3.8, 4) is 0 Å². The van der Waals surface area contributed by atoms with E-state index in [0.717, 1.165) is 68.9 Å². The van der Waals surface area contributed by atoms with Crippen LogP contribution in [0.2, 0.25) is 0 Å². The number of piperidine rings is 1. The lowest BCUT2D eigenvalue weighted by Gasteiger charge is -2.35. The second-order valence-corrected chi connectivity index (χ2v) is 8.76. The monoisotopic (exact) mass is 402 g/mol. The Labute approximate surface area is 178 Å². The van der Waals surface area contributed by atoms with Crippen molar-refractivity contribution in [2.45, 2.75) is 39.2 Å². The molecule has 30 heavy (non-hydrogen) atoms. The van der Waals surface area contributed by atoms with Gasteiger partial charge in [-0.15, -0.1) is 0 Å². The summed E-state index contributed by atoms with van der Waals surface area (Å²) >= 11 is 0. The molecule has 3 aromatic rings. The third kappa shape index (κ3) is 3.74. The van der Waals surface area contributed by atoms with Gasteiger partial charge in [0.2, 0.25) is 5.91 Å². The van der Waals surface area contributed by atoms with Gasteiger partial charge < -0.3 is 9.47 Å². The number of imidazole rings is 1. The number of nitrogens with zero attached hydrogens (tertiary/aromatic N) is 4. The number of rotatable bonds is 4. The zero-order valence-corrected chi connectivity index (χ0v) is 17.8. The number of carbonyl (C=O) groups excluding carboxylic acids is 1. The molecule has 2 aromatic carbocycles. The van der Waals surface area contributed by atoms with E-state index >= 15 is 0 Å². The Morgan fingerprint density at radius 2 is 1.80 bits per heavy atom. The molecule has 5 heteroatoms. The van der Waals surface area contributed by atoms with E-state index in [-0.39, 0.29) is 5.91 Å². The van der Waals surface area contributed by atoms with Crippen LogP contribution in [0.5, 0.6) is 0 Å². The average molecular weight is 403 g/mol. The second-order valence-electron chi connectivity index (χ2n) is 8.76. The fourth-order valence-corrected chi connectivity index (χ4v) is 5.08.